The summed E-state index contributed by atoms with van der Waals surface area (Å²) in [7, 11) is 0. The highest BCUT2D eigenvalue weighted by molar-refractivity contribution is 5.83. The van der Waals surface area contributed by atoms with Crippen LogP contribution < -0.4 is 10.6 Å². The summed E-state index contributed by atoms with van der Waals surface area (Å²) in [6.45, 7) is 3.50. The molecule has 5 heteroatoms. The largest absolute Gasteiger partial charge is 0.393 e. The van der Waals surface area contributed by atoms with Gasteiger partial charge in [0.1, 0.15) is 0 Å². The Bertz CT molecular complexity index is 687. The summed E-state index contributed by atoms with van der Waals surface area (Å²) < 4.78 is 0. The second kappa shape index (κ2) is 8.11. The number of hydrogen-bond acceptors (Lipinski definition) is 3. The number of hydrogen-bond donors (Lipinski definition) is 3. The van der Waals surface area contributed by atoms with E-state index in [-0.39, 0.29) is 6.10 Å². The summed E-state index contributed by atoms with van der Waals surface area (Å²) in [5.74, 6) is 0.840. The van der Waals surface area contributed by atoms with E-state index < -0.39 is 0 Å². The number of benzene rings is 1. The Kier molecular flexibility index (Phi) is 5.64. The fourth-order valence-electron chi connectivity index (χ4n) is 3.19. The van der Waals surface area contributed by atoms with Crippen molar-refractivity contribution in [2.45, 2.75) is 51.3 Å². The van der Waals surface area contributed by atoms with Crippen LogP contribution in [-0.4, -0.2) is 34.7 Å². The normalized spacial score (nSPS) is 21.7. The predicted molar refractivity (Wildman–Crippen MR) is 98.0 cm³/mol. The third kappa shape index (κ3) is 4.23. The molecule has 1 saturated carbocycles. The molecule has 1 fully saturated rings. The Morgan fingerprint density at radius 3 is 2.79 bits per heavy atom. The van der Waals surface area contributed by atoms with E-state index in [0.717, 1.165) is 54.7 Å². The van der Waals surface area contributed by atoms with E-state index in [1.807, 2.05) is 12.3 Å². The van der Waals surface area contributed by atoms with Crippen LogP contribution in [0.15, 0.2) is 41.5 Å². The summed E-state index contributed by atoms with van der Waals surface area (Å²) >= 11 is 0. The minimum absolute atomic E-state index is 0.135. The van der Waals surface area contributed by atoms with Crippen LogP contribution in [0, 0.1) is 0 Å². The van der Waals surface area contributed by atoms with Gasteiger partial charge in [0.2, 0.25) is 0 Å². The summed E-state index contributed by atoms with van der Waals surface area (Å²) in [4.78, 5) is 9.23. The molecule has 0 aliphatic heterocycles. The van der Waals surface area contributed by atoms with Gasteiger partial charge >= 0.3 is 0 Å². The zero-order chi connectivity index (χ0) is 16.8. The fraction of sp³-hybridized carbons (Fsp3) is 0.474. The number of guanidine groups is 1. The van der Waals surface area contributed by atoms with Gasteiger partial charge in [0.15, 0.2) is 5.96 Å². The number of fused-ring (bicyclic) bond motifs is 1. The highest BCUT2D eigenvalue weighted by Gasteiger charge is 2.19. The molecule has 3 N–H and O–H groups in total. The van der Waals surface area contributed by atoms with E-state index in [9.17, 15) is 5.11 Å². The van der Waals surface area contributed by atoms with Crippen LogP contribution >= 0.6 is 0 Å². The second-order valence-corrected chi connectivity index (χ2v) is 6.34. The molecule has 1 aliphatic rings. The molecule has 3 rings (SSSR count). The van der Waals surface area contributed by atoms with Crippen molar-refractivity contribution < 1.29 is 5.11 Å². The molecule has 24 heavy (non-hydrogen) atoms. The smallest absolute Gasteiger partial charge is 0.191 e. The third-order valence-electron chi connectivity index (χ3n) is 4.51. The Morgan fingerprint density at radius 1 is 1.21 bits per heavy atom. The minimum atomic E-state index is -0.135. The number of pyridine rings is 1. The monoisotopic (exact) mass is 326 g/mol. The van der Waals surface area contributed by atoms with Gasteiger partial charge < -0.3 is 15.7 Å². The molecule has 0 atom stereocenters. The lowest BCUT2D eigenvalue weighted by molar-refractivity contribution is 0.120. The molecular weight excluding hydrogens is 300 g/mol. The number of aliphatic imine (C=N–C) groups is 1. The van der Waals surface area contributed by atoms with Crippen molar-refractivity contribution in [2.24, 2.45) is 4.99 Å². The van der Waals surface area contributed by atoms with Gasteiger partial charge in [-0.2, -0.15) is 0 Å². The van der Waals surface area contributed by atoms with Crippen molar-refractivity contribution in [3.63, 3.8) is 0 Å². The Balaban J connectivity index is 1.71. The molecular formula is C19H26N4O. The van der Waals surface area contributed by atoms with Crippen molar-refractivity contribution >= 4 is 16.9 Å². The van der Waals surface area contributed by atoms with Crippen LogP contribution in [0.3, 0.4) is 0 Å². The lowest BCUT2D eigenvalue weighted by Crippen LogP contribution is -2.45. The Hall–Kier alpha value is -2.14. The number of rotatable bonds is 4. The van der Waals surface area contributed by atoms with Crippen molar-refractivity contribution in [2.75, 3.05) is 6.54 Å². The van der Waals surface area contributed by atoms with Crippen molar-refractivity contribution in [3.8, 4) is 0 Å². The maximum atomic E-state index is 9.64. The van der Waals surface area contributed by atoms with Crippen LogP contribution in [0.1, 0.15) is 38.2 Å². The van der Waals surface area contributed by atoms with Crippen LogP contribution in [0.5, 0.6) is 0 Å². The van der Waals surface area contributed by atoms with E-state index >= 15 is 0 Å². The van der Waals surface area contributed by atoms with Gasteiger partial charge in [-0.15, -0.1) is 0 Å². The SMILES string of the molecule is CCNC(=NCc1cccc2cccnc12)NC1CCC(O)CC1. The lowest BCUT2D eigenvalue weighted by atomic mass is 9.93. The van der Waals surface area contributed by atoms with E-state index in [0.29, 0.717) is 12.6 Å². The first kappa shape index (κ1) is 16.7. The number of aromatic nitrogens is 1. The minimum Gasteiger partial charge on any atom is -0.393 e. The van der Waals surface area contributed by atoms with E-state index in [1.165, 1.54) is 0 Å². The number of nitrogens with zero attached hydrogens (tertiary/aromatic N) is 2. The molecule has 2 aromatic rings. The molecule has 0 bridgehead atoms. The van der Waals surface area contributed by atoms with Gasteiger partial charge in [0.05, 0.1) is 18.2 Å². The first-order valence-electron chi connectivity index (χ1n) is 8.82. The van der Waals surface area contributed by atoms with Crippen LogP contribution in [0.2, 0.25) is 0 Å². The molecule has 1 aromatic carbocycles. The molecule has 128 valence electrons. The van der Waals surface area contributed by atoms with Crippen molar-refractivity contribution in [3.05, 3.63) is 42.1 Å². The standard InChI is InChI=1S/C19H26N4O/c1-2-20-19(23-16-8-10-17(24)11-9-16)22-13-15-6-3-5-14-7-4-12-21-18(14)15/h3-7,12,16-17,24H,2,8-11,13H2,1H3,(H2,20,22,23). The van der Waals surface area contributed by atoms with Gasteiger partial charge in [-0.1, -0.05) is 24.3 Å². The predicted octanol–water partition coefficient (Wildman–Crippen LogP) is 2.59. The highest BCUT2D eigenvalue weighted by Crippen LogP contribution is 2.19. The molecule has 5 nitrogen and oxygen atoms in total. The quantitative estimate of drug-likeness (QED) is 0.597. The van der Waals surface area contributed by atoms with Crippen LogP contribution in [-0.2, 0) is 6.54 Å². The first-order valence-corrected chi connectivity index (χ1v) is 8.82. The molecule has 1 aromatic heterocycles. The number of para-hydroxylation sites is 1. The van der Waals surface area contributed by atoms with Gasteiger partial charge in [0.25, 0.3) is 0 Å². The van der Waals surface area contributed by atoms with E-state index in [4.69, 9.17) is 4.99 Å². The number of aliphatic hydroxyl groups excluding tert-OH is 1. The summed E-state index contributed by atoms with van der Waals surface area (Å²) in [6.07, 6.45) is 5.40. The Labute approximate surface area is 143 Å². The average Bonchev–Trinajstić information content (AvgIpc) is 2.62. The number of nitrogens with one attached hydrogen (secondary N) is 2. The molecule has 0 spiro atoms. The molecule has 0 radical (unpaired) electrons. The lowest BCUT2D eigenvalue weighted by Gasteiger charge is -2.27. The van der Waals surface area contributed by atoms with E-state index in [1.54, 1.807) is 0 Å². The molecule has 0 unspecified atom stereocenters. The molecule has 0 amide bonds. The zero-order valence-electron chi connectivity index (χ0n) is 14.2. The topological polar surface area (TPSA) is 69.5 Å². The highest BCUT2D eigenvalue weighted by atomic mass is 16.3. The van der Waals surface area contributed by atoms with Gasteiger partial charge in [-0.05, 0) is 44.2 Å². The van der Waals surface area contributed by atoms with Crippen molar-refractivity contribution in [1.29, 1.82) is 0 Å². The molecule has 0 saturated heterocycles. The fourth-order valence-corrected chi connectivity index (χ4v) is 3.19. The second-order valence-electron chi connectivity index (χ2n) is 6.34. The number of aliphatic hydroxyl groups is 1. The van der Waals surface area contributed by atoms with Gasteiger partial charge in [-0.3, -0.25) is 4.98 Å². The van der Waals surface area contributed by atoms with E-state index in [2.05, 4.69) is 46.8 Å². The summed E-state index contributed by atoms with van der Waals surface area (Å²) in [5, 5.41) is 17.6. The Morgan fingerprint density at radius 2 is 2.00 bits per heavy atom. The maximum Gasteiger partial charge on any atom is 0.191 e. The van der Waals surface area contributed by atoms with Crippen molar-refractivity contribution in [1.82, 2.24) is 15.6 Å². The molecule has 1 aliphatic carbocycles. The van der Waals surface area contributed by atoms with Gasteiger partial charge in [0, 0.05) is 24.2 Å². The summed E-state index contributed by atoms with van der Waals surface area (Å²) in [6, 6.07) is 10.6. The van der Waals surface area contributed by atoms with Crippen LogP contribution in [0.25, 0.3) is 10.9 Å². The average molecular weight is 326 g/mol. The first-order chi connectivity index (χ1) is 11.8. The van der Waals surface area contributed by atoms with Crippen LogP contribution in [0.4, 0.5) is 0 Å². The molecule has 1 heterocycles. The van der Waals surface area contributed by atoms with Gasteiger partial charge in [-0.25, -0.2) is 4.99 Å². The zero-order valence-corrected chi connectivity index (χ0v) is 14.2. The summed E-state index contributed by atoms with van der Waals surface area (Å²) in [5.41, 5.74) is 2.14. The third-order valence-corrected chi connectivity index (χ3v) is 4.51. The maximum absolute atomic E-state index is 9.64.